The second kappa shape index (κ2) is 41.0. The second-order valence-electron chi connectivity index (χ2n) is 27.4. The molecule has 10 amide bonds. The summed E-state index contributed by atoms with van der Waals surface area (Å²) in [5, 5.41) is 3.15. The van der Waals surface area contributed by atoms with Gasteiger partial charge in [-0.1, -0.05) is 92.4 Å². The van der Waals surface area contributed by atoms with E-state index in [9.17, 15) is 47.9 Å². The first-order valence-electron chi connectivity index (χ1n) is 32.1. The molecule has 0 aliphatic rings. The Morgan fingerprint density at radius 3 is 0.640 bits per heavy atom. The molecule has 0 saturated heterocycles. The average Bonchev–Trinajstić information content (AvgIpc) is 3.00. The van der Waals surface area contributed by atoms with Crippen LogP contribution in [-0.4, -0.2) is 237 Å². The van der Waals surface area contributed by atoms with Gasteiger partial charge in [-0.05, 0) is 82.5 Å². The number of carbonyl (C=O) groups excluding carboxylic acids is 10. The lowest BCUT2D eigenvalue weighted by Gasteiger charge is -2.34. The highest BCUT2D eigenvalue weighted by atomic mass is 16.2. The second-order valence-corrected chi connectivity index (χ2v) is 27.4. The van der Waals surface area contributed by atoms with Gasteiger partial charge in [-0.2, -0.15) is 0 Å². The van der Waals surface area contributed by atoms with E-state index in [1.807, 2.05) is 27.7 Å². The van der Waals surface area contributed by atoms with Crippen molar-refractivity contribution >= 4 is 59.1 Å². The molecule has 0 aromatic carbocycles. The van der Waals surface area contributed by atoms with Crippen LogP contribution in [0.3, 0.4) is 0 Å². The van der Waals surface area contributed by atoms with Crippen LogP contribution in [0.5, 0.6) is 0 Å². The van der Waals surface area contributed by atoms with Crippen molar-refractivity contribution in [2.24, 2.45) is 71.0 Å². The van der Waals surface area contributed by atoms with E-state index >= 15 is 0 Å². The molecule has 0 heterocycles. The molecule has 20 nitrogen and oxygen atoms in total. The zero-order valence-electron chi connectivity index (χ0n) is 58.4. The van der Waals surface area contributed by atoms with Crippen molar-refractivity contribution in [1.82, 2.24) is 49.4 Å². The Hall–Kier alpha value is -5.30. The van der Waals surface area contributed by atoms with Crippen LogP contribution in [0.4, 0.5) is 0 Å². The molecular weight excluding hydrogens is 1090 g/mol. The summed E-state index contributed by atoms with van der Waals surface area (Å²) in [7, 11) is 29.1. The largest absolute Gasteiger partial charge is 0.356 e. The van der Waals surface area contributed by atoms with Gasteiger partial charge in [0.15, 0.2) is 0 Å². The lowest BCUT2D eigenvalue weighted by molar-refractivity contribution is -0.142. The van der Waals surface area contributed by atoms with Crippen molar-refractivity contribution in [1.29, 1.82) is 0 Å². The van der Waals surface area contributed by atoms with Gasteiger partial charge in [0.1, 0.15) is 0 Å². The number of unbranched alkanes of at least 4 members (excludes halogenated alkanes) is 9. The van der Waals surface area contributed by atoms with Crippen LogP contribution in [0.15, 0.2) is 0 Å². The molecule has 10 atom stereocenters. The number of nitrogens with zero attached hydrogens (tertiary/aromatic N) is 9. The summed E-state index contributed by atoms with van der Waals surface area (Å²) in [5.41, 5.74) is 0. The smallest absolute Gasteiger partial charge is 0.225 e. The van der Waals surface area contributed by atoms with Crippen molar-refractivity contribution in [2.75, 3.05) is 133 Å². The first-order valence-corrected chi connectivity index (χ1v) is 32.1. The van der Waals surface area contributed by atoms with Gasteiger partial charge in [-0.15, -0.1) is 0 Å². The summed E-state index contributed by atoms with van der Waals surface area (Å²) in [5.74, 6) is -11.2. The molecule has 0 aliphatic heterocycles. The van der Waals surface area contributed by atoms with Crippen LogP contribution in [0.25, 0.3) is 0 Å². The normalized spacial score (nSPS) is 14.9. The Kier molecular flexibility index (Phi) is 38.5. The molecule has 0 aliphatic carbocycles. The Labute approximate surface area is 521 Å². The van der Waals surface area contributed by atoms with E-state index in [0.717, 1.165) is 19.3 Å². The summed E-state index contributed by atoms with van der Waals surface area (Å²) in [6.45, 7) is 10.7. The zero-order chi connectivity index (χ0) is 66.5. The van der Waals surface area contributed by atoms with Gasteiger partial charge in [-0.3, -0.25) is 47.9 Å². The van der Waals surface area contributed by atoms with Crippen LogP contribution >= 0.6 is 0 Å². The fraction of sp³-hybridized carbons (Fsp3) is 0.848. The minimum Gasteiger partial charge on any atom is -0.356 e. The average molecular weight is 1220 g/mol. The maximum atomic E-state index is 14.7. The van der Waals surface area contributed by atoms with Crippen molar-refractivity contribution < 1.29 is 47.9 Å². The lowest BCUT2D eigenvalue weighted by atomic mass is 9.74. The number of hydrogen-bond donors (Lipinski definition) is 1. The van der Waals surface area contributed by atoms with Crippen LogP contribution in [0, 0.1) is 71.0 Å². The quantitative estimate of drug-likeness (QED) is 0.0608. The molecule has 0 bridgehead atoms. The van der Waals surface area contributed by atoms with E-state index in [4.69, 9.17) is 0 Å². The maximum Gasteiger partial charge on any atom is 0.225 e. The molecule has 498 valence electrons. The monoisotopic (exact) mass is 1220 g/mol. The fourth-order valence-corrected chi connectivity index (χ4v) is 12.2. The molecule has 86 heavy (non-hydrogen) atoms. The van der Waals surface area contributed by atoms with Gasteiger partial charge in [0.25, 0.3) is 0 Å². The summed E-state index contributed by atoms with van der Waals surface area (Å²) >= 11 is 0. The van der Waals surface area contributed by atoms with Crippen LogP contribution in [0.2, 0.25) is 0 Å². The van der Waals surface area contributed by atoms with Gasteiger partial charge in [-0.25, -0.2) is 0 Å². The van der Waals surface area contributed by atoms with Crippen molar-refractivity contribution in [2.45, 2.75) is 163 Å². The number of nitrogens with one attached hydrogen (secondary N) is 1. The SMILES string of the molecule is CCCCCCCCCCCCNC(=O)C(CC(CC(CC(CC(CC(CC(CC(CC(CC(CC(C)C)C(=O)N(C)C)C(=O)N(C)C)C(=O)N(C)C)C(=O)N(C)C)C(=O)N(C)C)C(=O)N(C)C)C(=O)N(C)C)C(=O)N(C)C)C(=O)N(C)C)C(C)C. The van der Waals surface area contributed by atoms with E-state index in [1.165, 1.54) is 89.0 Å². The predicted octanol–water partition coefficient (Wildman–Crippen LogP) is 7.19. The Balaban J connectivity index is 7.61. The van der Waals surface area contributed by atoms with Crippen molar-refractivity contribution in [3.05, 3.63) is 0 Å². The van der Waals surface area contributed by atoms with Crippen LogP contribution in [-0.2, 0) is 47.9 Å². The summed E-state index contributed by atoms with van der Waals surface area (Å²) < 4.78 is 0. The first kappa shape index (κ1) is 80.7. The third-order valence-corrected chi connectivity index (χ3v) is 16.9. The minimum absolute atomic E-state index is 0.0285. The fourth-order valence-electron chi connectivity index (χ4n) is 12.2. The number of amides is 10. The van der Waals surface area contributed by atoms with E-state index in [-0.39, 0.29) is 129 Å². The third-order valence-electron chi connectivity index (χ3n) is 16.9. The molecular formula is C66H124N10O10. The standard InChI is InChI=1S/C66H124N10O10/c1-24-25-26-27-28-29-30-31-32-33-34-67-57(77)56(46(4)5)44-55(66(86)76(22)23)43-54(65(85)75(20)21)42-53(64(84)74(18)19)41-52(63(83)73(16)17)40-51(62(82)72(14)15)39-50(61(81)71(12)13)38-49(60(80)70(10)11)37-48(59(79)69(8)9)36-47(35-45(2)3)58(78)68(6)7/h45-56H,24-44H2,1-23H3,(H,67,77). The molecule has 10 unspecified atom stereocenters. The van der Waals surface area contributed by atoms with E-state index < -0.39 is 59.2 Å². The van der Waals surface area contributed by atoms with Gasteiger partial charge in [0, 0.05) is 193 Å². The highest BCUT2D eigenvalue weighted by Gasteiger charge is 2.42. The lowest BCUT2D eigenvalue weighted by Crippen LogP contribution is -2.43. The number of rotatable bonds is 42. The number of hydrogen-bond acceptors (Lipinski definition) is 10. The zero-order valence-corrected chi connectivity index (χ0v) is 58.4. The van der Waals surface area contributed by atoms with E-state index in [1.54, 1.807) is 127 Å². The Bertz CT molecular complexity index is 2110. The van der Waals surface area contributed by atoms with Gasteiger partial charge >= 0.3 is 0 Å². The van der Waals surface area contributed by atoms with Gasteiger partial charge < -0.3 is 49.4 Å². The van der Waals surface area contributed by atoms with E-state index in [0.29, 0.717) is 13.0 Å². The van der Waals surface area contributed by atoms with Crippen LogP contribution in [0.1, 0.15) is 163 Å². The molecule has 0 aromatic rings. The summed E-state index contributed by atoms with van der Waals surface area (Å²) in [4.78, 5) is 157. The first-order chi connectivity index (χ1) is 39.9. The maximum absolute atomic E-state index is 14.7. The minimum atomic E-state index is -0.991. The van der Waals surface area contributed by atoms with Crippen molar-refractivity contribution in [3.8, 4) is 0 Å². The molecule has 0 aromatic heterocycles. The third kappa shape index (κ3) is 29.1. The molecule has 0 rings (SSSR count). The number of carbonyl (C=O) groups is 10. The highest BCUT2D eigenvalue weighted by Crippen LogP contribution is 2.38. The molecule has 0 fully saturated rings. The predicted molar refractivity (Wildman–Crippen MR) is 344 cm³/mol. The highest BCUT2D eigenvalue weighted by molar-refractivity contribution is 5.88. The van der Waals surface area contributed by atoms with E-state index in [2.05, 4.69) is 12.2 Å². The molecule has 20 heteroatoms. The topological polar surface area (TPSA) is 212 Å². The molecule has 0 radical (unpaired) electrons. The Morgan fingerprint density at radius 2 is 0.453 bits per heavy atom. The van der Waals surface area contributed by atoms with Gasteiger partial charge in [0.05, 0.1) is 0 Å². The summed E-state index contributed by atoms with van der Waals surface area (Å²) in [6.07, 6.45) is 12.3. The summed E-state index contributed by atoms with van der Waals surface area (Å²) in [6, 6.07) is 0. The molecule has 0 saturated carbocycles. The van der Waals surface area contributed by atoms with Crippen LogP contribution < -0.4 is 5.32 Å². The van der Waals surface area contributed by atoms with Crippen molar-refractivity contribution in [3.63, 3.8) is 0 Å². The van der Waals surface area contributed by atoms with Gasteiger partial charge in [0.2, 0.25) is 59.1 Å². The Morgan fingerprint density at radius 1 is 0.267 bits per heavy atom. The molecule has 1 N–H and O–H groups in total. The molecule has 0 spiro atoms.